The average Bonchev–Trinajstić information content (AvgIpc) is 2.44. The molecule has 1 rings (SSSR count). The van der Waals surface area contributed by atoms with Gasteiger partial charge in [0.2, 0.25) is 0 Å². The van der Waals surface area contributed by atoms with Crippen LogP contribution in [-0.2, 0) is 9.53 Å². The lowest BCUT2D eigenvalue weighted by atomic mass is 9.98. The molecular formula is C15H23NO3. The van der Waals surface area contributed by atoms with E-state index in [0.29, 0.717) is 12.5 Å². The Morgan fingerprint density at radius 3 is 2.63 bits per heavy atom. The third-order valence-corrected chi connectivity index (χ3v) is 3.07. The number of esters is 1. The van der Waals surface area contributed by atoms with Crippen molar-refractivity contribution in [1.82, 2.24) is 0 Å². The van der Waals surface area contributed by atoms with Gasteiger partial charge in [-0.05, 0) is 30.9 Å². The fourth-order valence-electron chi connectivity index (χ4n) is 1.74. The molecule has 2 N–H and O–H groups in total. The van der Waals surface area contributed by atoms with Crippen molar-refractivity contribution >= 4 is 5.97 Å². The van der Waals surface area contributed by atoms with Crippen molar-refractivity contribution in [3.63, 3.8) is 0 Å². The number of benzene rings is 1. The third-order valence-electron chi connectivity index (χ3n) is 3.07. The zero-order valence-electron chi connectivity index (χ0n) is 11.9. The number of para-hydroxylation sites is 1. The molecule has 0 radical (unpaired) electrons. The van der Waals surface area contributed by atoms with Crippen LogP contribution in [0.2, 0.25) is 0 Å². The van der Waals surface area contributed by atoms with Crippen LogP contribution in [0.1, 0.15) is 38.7 Å². The lowest BCUT2D eigenvalue weighted by molar-refractivity contribution is -0.145. The molecule has 0 amide bonds. The van der Waals surface area contributed by atoms with Gasteiger partial charge >= 0.3 is 5.97 Å². The van der Waals surface area contributed by atoms with E-state index in [0.717, 1.165) is 17.7 Å². The zero-order valence-corrected chi connectivity index (χ0v) is 11.9. The summed E-state index contributed by atoms with van der Waals surface area (Å²) in [5.74, 6) is 0.773. The van der Waals surface area contributed by atoms with Gasteiger partial charge in [0, 0.05) is 0 Å². The monoisotopic (exact) mass is 265 g/mol. The molecule has 0 bridgehead atoms. The van der Waals surface area contributed by atoms with Gasteiger partial charge in [0.15, 0.2) is 0 Å². The van der Waals surface area contributed by atoms with E-state index < -0.39 is 12.0 Å². The molecule has 0 aromatic heterocycles. The maximum atomic E-state index is 11.4. The number of carbonyl (C=O) groups is 1. The Bertz CT molecular complexity index is 406. The molecule has 0 saturated heterocycles. The molecule has 0 aliphatic carbocycles. The second-order valence-corrected chi connectivity index (χ2v) is 4.52. The number of carbonyl (C=O) groups excluding carboxylic acids is 1. The Balaban J connectivity index is 2.65. The maximum absolute atomic E-state index is 11.4. The van der Waals surface area contributed by atoms with Gasteiger partial charge in [-0.3, -0.25) is 4.79 Å². The number of hydrogen-bond acceptors (Lipinski definition) is 4. The van der Waals surface area contributed by atoms with Gasteiger partial charge in [-0.1, -0.05) is 32.0 Å². The quantitative estimate of drug-likeness (QED) is 0.769. The summed E-state index contributed by atoms with van der Waals surface area (Å²) in [5, 5.41) is 0. The summed E-state index contributed by atoms with van der Waals surface area (Å²) >= 11 is 0. The van der Waals surface area contributed by atoms with Crippen molar-refractivity contribution in [1.29, 1.82) is 0 Å². The summed E-state index contributed by atoms with van der Waals surface area (Å²) in [5.41, 5.74) is 6.85. The molecule has 0 fully saturated rings. The van der Waals surface area contributed by atoms with Crippen LogP contribution in [0.3, 0.4) is 0 Å². The summed E-state index contributed by atoms with van der Waals surface area (Å²) in [6, 6.07) is 7.10. The summed E-state index contributed by atoms with van der Waals surface area (Å²) in [6.45, 7) is 6.49. The minimum atomic E-state index is -0.745. The normalized spacial score (nSPS) is 13.7. The Hall–Kier alpha value is -1.55. The van der Waals surface area contributed by atoms with Crippen molar-refractivity contribution in [3.05, 3.63) is 29.8 Å². The Labute approximate surface area is 114 Å². The fourth-order valence-corrected chi connectivity index (χ4v) is 1.74. The molecule has 0 aliphatic rings. The molecule has 2 unspecified atom stereocenters. The summed E-state index contributed by atoms with van der Waals surface area (Å²) in [6.07, 6.45) is 1.03. The third kappa shape index (κ3) is 4.56. The van der Waals surface area contributed by atoms with Crippen molar-refractivity contribution in [3.8, 4) is 5.75 Å². The van der Waals surface area contributed by atoms with Crippen molar-refractivity contribution in [2.45, 2.75) is 39.2 Å². The number of nitrogens with two attached hydrogens (primary N) is 1. The van der Waals surface area contributed by atoms with Crippen LogP contribution in [-0.4, -0.2) is 25.2 Å². The fraction of sp³-hybridized carbons (Fsp3) is 0.533. The van der Waals surface area contributed by atoms with Crippen LogP contribution >= 0.6 is 0 Å². The van der Waals surface area contributed by atoms with Crippen LogP contribution in [0.15, 0.2) is 24.3 Å². The minimum Gasteiger partial charge on any atom is -0.491 e. The van der Waals surface area contributed by atoms with E-state index in [1.807, 2.05) is 24.3 Å². The number of rotatable bonds is 7. The molecule has 4 heteroatoms. The molecule has 0 spiro atoms. The first-order valence-corrected chi connectivity index (χ1v) is 6.74. The molecule has 0 saturated carbocycles. The van der Waals surface area contributed by atoms with E-state index in [9.17, 15) is 4.79 Å². The van der Waals surface area contributed by atoms with Gasteiger partial charge in [0.25, 0.3) is 0 Å². The number of ether oxygens (including phenoxy) is 2. The molecule has 106 valence electrons. The molecule has 4 nitrogen and oxygen atoms in total. The van der Waals surface area contributed by atoms with Gasteiger partial charge in [-0.25, -0.2) is 0 Å². The van der Waals surface area contributed by atoms with E-state index in [4.69, 9.17) is 15.2 Å². The standard InChI is InChI=1S/C15H23NO3/c1-4-11(3)12-8-6-7-9-14(12)19-10-13(16)15(17)18-5-2/h6-9,11,13H,4-5,10,16H2,1-3H3. The van der Waals surface area contributed by atoms with Crippen molar-refractivity contribution in [2.24, 2.45) is 5.73 Å². The lowest BCUT2D eigenvalue weighted by Crippen LogP contribution is -2.37. The van der Waals surface area contributed by atoms with Crippen LogP contribution in [0.25, 0.3) is 0 Å². The Morgan fingerprint density at radius 2 is 2.00 bits per heavy atom. The van der Waals surface area contributed by atoms with Gasteiger partial charge < -0.3 is 15.2 Å². The van der Waals surface area contributed by atoms with E-state index in [-0.39, 0.29) is 6.61 Å². The highest BCUT2D eigenvalue weighted by molar-refractivity contribution is 5.75. The highest BCUT2D eigenvalue weighted by Gasteiger charge is 2.17. The van der Waals surface area contributed by atoms with Gasteiger partial charge in [0.1, 0.15) is 18.4 Å². The predicted molar refractivity (Wildman–Crippen MR) is 75.3 cm³/mol. The predicted octanol–water partition coefficient (Wildman–Crippen LogP) is 2.47. The van der Waals surface area contributed by atoms with Crippen LogP contribution in [0.5, 0.6) is 5.75 Å². The van der Waals surface area contributed by atoms with Crippen LogP contribution < -0.4 is 10.5 Å². The summed E-state index contributed by atoms with van der Waals surface area (Å²) in [7, 11) is 0. The van der Waals surface area contributed by atoms with E-state index >= 15 is 0 Å². The van der Waals surface area contributed by atoms with Crippen molar-refractivity contribution < 1.29 is 14.3 Å². The first-order chi connectivity index (χ1) is 9.10. The van der Waals surface area contributed by atoms with Gasteiger partial charge in [0.05, 0.1) is 6.61 Å². The molecule has 2 atom stereocenters. The van der Waals surface area contributed by atoms with E-state index in [1.165, 1.54) is 0 Å². The molecule has 1 aromatic rings. The first-order valence-electron chi connectivity index (χ1n) is 6.74. The van der Waals surface area contributed by atoms with Gasteiger partial charge in [-0.2, -0.15) is 0 Å². The minimum absolute atomic E-state index is 0.131. The molecule has 0 heterocycles. The SMILES string of the molecule is CCOC(=O)C(N)COc1ccccc1C(C)CC. The lowest BCUT2D eigenvalue weighted by Gasteiger charge is -2.17. The maximum Gasteiger partial charge on any atom is 0.326 e. The van der Waals surface area contributed by atoms with Crippen LogP contribution in [0.4, 0.5) is 0 Å². The molecule has 0 aliphatic heterocycles. The smallest absolute Gasteiger partial charge is 0.326 e. The first kappa shape index (κ1) is 15.5. The second-order valence-electron chi connectivity index (χ2n) is 4.52. The molecule has 19 heavy (non-hydrogen) atoms. The topological polar surface area (TPSA) is 61.5 Å². The van der Waals surface area contributed by atoms with E-state index in [2.05, 4.69) is 13.8 Å². The van der Waals surface area contributed by atoms with E-state index in [1.54, 1.807) is 6.92 Å². The van der Waals surface area contributed by atoms with Crippen molar-refractivity contribution in [2.75, 3.05) is 13.2 Å². The highest BCUT2D eigenvalue weighted by atomic mass is 16.5. The Morgan fingerprint density at radius 1 is 1.32 bits per heavy atom. The summed E-state index contributed by atoms with van der Waals surface area (Å²) < 4.78 is 10.5. The molecule has 1 aromatic carbocycles. The summed E-state index contributed by atoms with van der Waals surface area (Å²) in [4.78, 5) is 11.4. The largest absolute Gasteiger partial charge is 0.491 e. The second kappa shape index (κ2) is 7.79. The van der Waals surface area contributed by atoms with Crippen LogP contribution in [0, 0.1) is 0 Å². The average molecular weight is 265 g/mol. The zero-order chi connectivity index (χ0) is 14.3. The number of hydrogen-bond donors (Lipinski definition) is 1. The van der Waals surface area contributed by atoms with Gasteiger partial charge in [-0.15, -0.1) is 0 Å². The Kier molecular flexibility index (Phi) is 6.36. The molecular weight excluding hydrogens is 242 g/mol. The highest BCUT2D eigenvalue weighted by Crippen LogP contribution is 2.28.